The Morgan fingerprint density at radius 2 is 2.04 bits per heavy atom. The van der Waals surface area contributed by atoms with Crippen LogP contribution in [0.3, 0.4) is 0 Å². The Hall–Kier alpha value is -1.83. The van der Waals surface area contributed by atoms with Gasteiger partial charge < -0.3 is 21.1 Å². The second-order valence-corrected chi connectivity index (χ2v) is 7.18. The van der Waals surface area contributed by atoms with E-state index in [9.17, 15) is 14.0 Å². The molecule has 0 radical (unpaired) electrons. The maximum atomic E-state index is 14.0. The predicted molar refractivity (Wildman–Crippen MR) is 94.2 cm³/mol. The van der Waals surface area contributed by atoms with E-state index in [-0.39, 0.29) is 13.0 Å². The Bertz CT molecular complexity index is 590. The molecular formula is C16H23BrFN3O3. The van der Waals surface area contributed by atoms with Gasteiger partial charge >= 0.3 is 6.09 Å². The van der Waals surface area contributed by atoms with Crippen molar-refractivity contribution in [2.24, 2.45) is 5.73 Å². The highest BCUT2D eigenvalue weighted by Crippen LogP contribution is 2.22. The predicted octanol–water partition coefficient (Wildman–Crippen LogP) is 3.16. The van der Waals surface area contributed by atoms with Gasteiger partial charge in [0.1, 0.15) is 5.60 Å². The number of carbonyl (C=O) groups excluding carboxylic acids is 2. The lowest BCUT2D eigenvalue weighted by Gasteiger charge is -2.24. The minimum Gasteiger partial charge on any atom is -0.444 e. The van der Waals surface area contributed by atoms with E-state index in [4.69, 9.17) is 10.5 Å². The van der Waals surface area contributed by atoms with E-state index in [1.165, 1.54) is 0 Å². The van der Waals surface area contributed by atoms with Crippen molar-refractivity contribution in [2.75, 3.05) is 11.9 Å². The number of hydrogen-bond donors (Lipinski definition) is 3. The zero-order valence-corrected chi connectivity index (χ0v) is 15.6. The van der Waals surface area contributed by atoms with Gasteiger partial charge in [-0.3, -0.25) is 4.79 Å². The summed E-state index contributed by atoms with van der Waals surface area (Å²) >= 11 is 3.11. The molecule has 0 aliphatic rings. The van der Waals surface area contributed by atoms with Crippen LogP contribution in [0, 0.1) is 5.82 Å². The minimum absolute atomic E-state index is 0.100. The van der Waals surface area contributed by atoms with Gasteiger partial charge in [0.2, 0.25) is 5.91 Å². The summed E-state index contributed by atoms with van der Waals surface area (Å²) in [6.07, 6.45) is -0.186. The van der Waals surface area contributed by atoms with E-state index in [1.54, 1.807) is 39.0 Å². The monoisotopic (exact) mass is 403 g/mol. The summed E-state index contributed by atoms with van der Waals surface area (Å²) < 4.78 is 19.5. The summed E-state index contributed by atoms with van der Waals surface area (Å²) in [6, 6.07) is 4.42. The van der Waals surface area contributed by atoms with Gasteiger partial charge in [-0.05, 0) is 55.3 Å². The number of benzene rings is 1. The van der Waals surface area contributed by atoms with Crippen molar-refractivity contribution in [3.8, 4) is 0 Å². The van der Waals surface area contributed by atoms with Crippen LogP contribution in [0.15, 0.2) is 22.7 Å². The maximum absolute atomic E-state index is 14.0. The van der Waals surface area contributed by atoms with Gasteiger partial charge in [-0.25, -0.2) is 9.18 Å². The van der Waals surface area contributed by atoms with Gasteiger partial charge in [0.05, 0.1) is 10.2 Å². The molecule has 1 aromatic rings. The highest BCUT2D eigenvalue weighted by Gasteiger charge is 2.20. The van der Waals surface area contributed by atoms with E-state index >= 15 is 0 Å². The van der Waals surface area contributed by atoms with Crippen molar-refractivity contribution >= 4 is 33.6 Å². The van der Waals surface area contributed by atoms with E-state index in [0.29, 0.717) is 16.6 Å². The molecule has 1 aromatic carbocycles. The van der Waals surface area contributed by atoms with Crippen molar-refractivity contribution in [3.63, 3.8) is 0 Å². The summed E-state index contributed by atoms with van der Waals surface area (Å²) in [5.41, 5.74) is 4.81. The maximum Gasteiger partial charge on any atom is 0.407 e. The molecule has 24 heavy (non-hydrogen) atoms. The van der Waals surface area contributed by atoms with Crippen LogP contribution in [0.2, 0.25) is 0 Å². The molecule has 0 heterocycles. The molecule has 0 bridgehead atoms. The summed E-state index contributed by atoms with van der Waals surface area (Å²) in [5, 5.41) is 5.59. The quantitative estimate of drug-likeness (QED) is 0.651. The van der Waals surface area contributed by atoms with Gasteiger partial charge in [0, 0.05) is 19.0 Å². The molecule has 4 N–H and O–H groups in total. The zero-order chi connectivity index (χ0) is 18.3. The molecule has 0 spiro atoms. The van der Waals surface area contributed by atoms with E-state index in [0.717, 1.165) is 0 Å². The van der Waals surface area contributed by atoms with Gasteiger partial charge in [0.25, 0.3) is 0 Å². The van der Waals surface area contributed by atoms with Crippen LogP contribution in [-0.2, 0) is 9.53 Å². The van der Waals surface area contributed by atoms with Crippen LogP contribution in [0.4, 0.5) is 14.9 Å². The number of rotatable bonds is 7. The third-order valence-corrected chi connectivity index (χ3v) is 3.56. The molecular weight excluding hydrogens is 381 g/mol. The molecule has 6 nitrogen and oxygen atoms in total. The number of primary amides is 1. The van der Waals surface area contributed by atoms with Crippen molar-refractivity contribution in [2.45, 2.75) is 45.3 Å². The molecule has 0 aliphatic heterocycles. The van der Waals surface area contributed by atoms with Crippen LogP contribution in [0.5, 0.6) is 0 Å². The van der Waals surface area contributed by atoms with E-state index in [1.807, 2.05) is 0 Å². The Morgan fingerprint density at radius 3 is 2.62 bits per heavy atom. The summed E-state index contributed by atoms with van der Waals surface area (Å²) in [4.78, 5) is 22.9. The average Bonchev–Trinajstić information content (AvgIpc) is 2.43. The first-order chi connectivity index (χ1) is 11.1. The van der Waals surface area contributed by atoms with Crippen LogP contribution in [0.25, 0.3) is 0 Å². The highest BCUT2D eigenvalue weighted by atomic mass is 79.9. The Kier molecular flexibility index (Phi) is 7.47. The molecule has 0 saturated heterocycles. The van der Waals surface area contributed by atoms with Gasteiger partial charge in [-0.2, -0.15) is 0 Å². The van der Waals surface area contributed by atoms with Crippen LogP contribution >= 0.6 is 15.9 Å². The fourth-order valence-corrected chi connectivity index (χ4v) is 2.26. The summed E-state index contributed by atoms with van der Waals surface area (Å²) in [6.45, 7) is 5.47. The molecule has 0 unspecified atom stereocenters. The Morgan fingerprint density at radius 1 is 1.38 bits per heavy atom. The third-order valence-electron chi connectivity index (χ3n) is 2.95. The second kappa shape index (κ2) is 8.86. The normalized spacial score (nSPS) is 12.4. The number of alkyl carbamates (subject to hydrolysis) is 1. The van der Waals surface area contributed by atoms with Gasteiger partial charge in [-0.1, -0.05) is 6.07 Å². The number of nitrogens with two attached hydrogens (primary N) is 1. The number of halogens is 2. The molecule has 0 saturated carbocycles. The molecule has 1 rings (SSSR count). The van der Waals surface area contributed by atoms with Crippen molar-refractivity contribution in [1.29, 1.82) is 0 Å². The first kappa shape index (κ1) is 20.2. The van der Waals surface area contributed by atoms with Crippen LogP contribution in [0.1, 0.15) is 33.6 Å². The Labute approximate surface area is 149 Å². The summed E-state index contributed by atoms with van der Waals surface area (Å²) in [5.74, 6) is -0.900. The summed E-state index contributed by atoms with van der Waals surface area (Å²) in [7, 11) is 0. The molecule has 134 valence electrons. The molecule has 0 fully saturated rings. The largest absolute Gasteiger partial charge is 0.444 e. The smallest absolute Gasteiger partial charge is 0.407 e. The average molecular weight is 404 g/mol. The Balaban J connectivity index is 2.69. The number of hydrogen-bond acceptors (Lipinski definition) is 4. The van der Waals surface area contributed by atoms with Crippen molar-refractivity contribution in [3.05, 3.63) is 28.5 Å². The number of ether oxygens (including phenoxy) is 1. The minimum atomic E-state index is -0.637. The molecule has 2 amide bonds. The van der Waals surface area contributed by atoms with Gasteiger partial charge in [-0.15, -0.1) is 0 Å². The number of anilines is 1. The van der Waals surface area contributed by atoms with Crippen LogP contribution < -0.4 is 16.4 Å². The molecule has 8 heteroatoms. The standard InChI is InChI=1S/C16H23BrFN3O3/c1-16(2,3)24-15(23)21-10(7-8-13(19)22)9-20-12-6-4-5-11(17)14(12)18/h4-6,10,20H,7-9H2,1-3H3,(H2,19,22)(H,21,23)/t10-/m0/s1. The first-order valence-electron chi connectivity index (χ1n) is 7.54. The van der Waals surface area contributed by atoms with E-state index < -0.39 is 29.5 Å². The highest BCUT2D eigenvalue weighted by molar-refractivity contribution is 9.10. The lowest BCUT2D eigenvalue weighted by molar-refractivity contribution is -0.118. The topological polar surface area (TPSA) is 93.4 Å². The van der Waals surface area contributed by atoms with Crippen molar-refractivity contribution < 1.29 is 18.7 Å². The third kappa shape index (κ3) is 7.63. The zero-order valence-electron chi connectivity index (χ0n) is 14.0. The number of nitrogens with one attached hydrogen (secondary N) is 2. The van der Waals surface area contributed by atoms with Crippen molar-refractivity contribution in [1.82, 2.24) is 5.32 Å². The fourth-order valence-electron chi connectivity index (χ4n) is 1.89. The SMILES string of the molecule is CC(C)(C)OC(=O)N[C@@H](CCC(N)=O)CNc1cccc(Br)c1F. The van der Waals surface area contributed by atoms with Crippen LogP contribution in [-0.4, -0.2) is 30.2 Å². The second-order valence-electron chi connectivity index (χ2n) is 6.33. The molecule has 0 aliphatic carbocycles. The number of amides is 2. The van der Waals surface area contributed by atoms with E-state index in [2.05, 4.69) is 26.6 Å². The molecule has 0 aromatic heterocycles. The lowest BCUT2D eigenvalue weighted by Crippen LogP contribution is -2.43. The van der Waals surface area contributed by atoms with Gasteiger partial charge in [0.15, 0.2) is 5.82 Å². The lowest BCUT2D eigenvalue weighted by atomic mass is 10.1. The fraction of sp³-hybridized carbons (Fsp3) is 0.500. The molecule has 1 atom stereocenters. The number of carbonyl (C=O) groups is 2. The first-order valence-corrected chi connectivity index (χ1v) is 8.33.